The van der Waals surface area contributed by atoms with Crippen LogP contribution in [0.15, 0.2) is 0 Å². The molecule has 1 nitrogen and oxygen atoms in total. The minimum atomic E-state index is 0. The van der Waals surface area contributed by atoms with E-state index in [0.29, 0.717) is 0 Å². The van der Waals surface area contributed by atoms with Crippen LogP contribution in [-0.4, -0.2) is 19.1 Å². The molecule has 1 saturated heterocycles. The Balaban J connectivity index is 0.00000196. The molecule has 0 aromatic carbocycles. The van der Waals surface area contributed by atoms with Gasteiger partial charge in [-0.15, -0.1) is 0 Å². The fourth-order valence-corrected chi connectivity index (χ4v) is 2.53. The van der Waals surface area contributed by atoms with Gasteiger partial charge in [0.05, 0.1) is 19.1 Å². The highest BCUT2D eigenvalue weighted by Crippen LogP contribution is 2.09. The summed E-state index contributed by atoms with van der Waals surface area (Å²) in [6, 6.07) is 0.921. The van der Waals surface area contributed by atoms with E-state index in [-0.39, 0.29) is 12.4 Å². The van der Waals surface area contributed by atoms with Crippen molar-refractivity contribution >= 4 is 0 Å². The third-order valence-corrected chi connectivity index (χ3v) is 3.61. The van der Waals surface area contributed by atoms with Crippen molar-refractivity contribution in [3.63, 3.8) is 0 Å². The molecule has 1 aliphatic heterocycles. The third-order valence-electron chi connectivity index (χ3n) is 3.61. The average Bonchev–Trinajstić information content (AvgIpc) is 2.64. The smallest absolute Gasteiger partial charge is 0.0846 e. The molecule has 0 radical (unpaired) electrons. The predicted molar refractivity (Wildman–Crippen MR) is 62.7 cm³/mol. The lowest BCUT2D eigenvalue weighted by atomic mass is 10.0. The van der Waals surface area contributed by atoms with Crippen molar-refractivity contribution in [2.75, 3.05) is 13.1 Å². The third kappa shape index (κ3) is 6.42. The molecule has 1 rings (SSSR count). The van der Waals surface area contributed by atoms with Gasteiger partial charge in [-0.3, -0.25) is 0 Å². The van der Waals surface area contributed by atoms with Crippen LogP contribution in [0.5, 0.6) is 0 Å². The van der Waals surface area contributed by atoms with Crippen molar-refractivity contribution in [2.45, 2.75) is 65.3 Å². The van der Waals surface area contributed by atoms with Crippen molar-refractivity contribution in [3.05, 3.63) is 0 Å². The summed E-state index contributed by atoms with van der Waals surface area (Å²) in [6.45, 7) is 9.97. The highest BCUT2D eigenvalue weighted by Gasteiger charge is 2.20. The summed E-state index contributed by atoms with van der Waals surface area (Å²) in [5, 5.41) is 0. The van der Waals surface area contributed by atoms with Gasteiger partial charge in [-0.25, -0.2) is 0 Å². The van der Waals surface area contributed by atoms with Crippen LogP contribution in [-0.2, 0) is 0 Å². The van der Waals surface area contributed by atoms with Gasteiger partial charge in [0.15, 0.2) is 0 Å². The van der Waals surface area contributed by atoms with Crippen LogP contribution >= 0.6 is 0 Å². The Kier molecular flexibility index (Phi) is 8.55. The van der Waals surface area contributed by atoms with Crippen LogP contribution in [0.2, 0.25) is 0 Å². The highest BCUT2D eigenvalue weighted by atomic mass is 35.5. The fourth-order valence-electron chi connectivity index (χ4n) is 2.53. The van der Waals surface area contributed by atoms with E-state index in [1.54, 1.807) is 0 Å². The van der Waals surface area contributed by atoms with Crippen LogP contribution in [0.1, 0.15) is 59.3 Å². The monoisotopic (exact) mass is 233 g/mol. The normalized spacial score (nSPS) is 19.2. The summed E-state index contributed by atoms with van der Waals surface area (Å²) in [6.07, 6.45) is 8.68. The van der Waals surface area contributed by atoms with Gasteiger partial charge in [0.2, 0.25) is 0 Å². The van der Waals surface area contributed by atoms with E-state index in [2.05, 4.69) is 20.8 Å². The van der Waals surface area contributed by atoms with Crippen LogP contribution in [0, 0.1) is 5.92 Å². The fraction of sp³-hybridized carbons (Fsp3) is 1.00. The van der Waals surface area contributed by atoms with Gasteiger partial charge in [-0.2, -0.15) is 0 Å². The molecule has 1 fully saturated rings. The van der Waals surface area contributed by atoms with E-state index in [0.717, 1.165) is 12.0 Å². The number of halogens is 1. The van der Waals surface area contributed by atoms with Crippen molar-refractivity contribution in [2.24, 2.45) is 5.92 Å². The molecule has 0 saturated carbocycles. The second-order valence-electron chi connectivity index (χ2n) is 5.44. The molecule has 0 bridgehead atoms. The van der Waals surface area contributed by atoms with Crippen LogP contribution in [0.3, 0.4) is 0 Å². The Bertz CT molecular complexity index is 141. The van der Waals surface area contributed by atoms with Gasteiger partial charge in [-0.1, -0.05) is 26.7 Å². The lowest BCUT2D eigenvalue weighted by Gasteiger charge is -2.20. The zero-order valence-electron chi connectivity index (χ0n) is 10.7. The average molecular weight is 234 g/mol. The minimum Gasteiger partial charge on any atom is -1.00 e. The molecule has 0 spiro atoms. The quantitative estimate of drug-likeness (QED) is 0.578. The van der Waals surface area contributed by atoms with Crippen molar-refractivity contribution < 1.29 is 17.3 Å². The largest absolute Gasteiger partial charge is 1.00 e. The summed E-state index contributed by atoms with van der Waals surface area (Å²) < 4.78 is 0. The molecule has 0 aliphatic carbocycles. The Labute approximate surface area is 102 Å². The summed E-state index contributed by atoms with van der Waals surface area (Å²) in [5.74, 6) is 0.893. The molecule has 1 atom stereocenters. The number of rotatable bonds is 6. The summed E-state index contributed by atoms with van der Waals surface area (Å²) in [4.78, 5) is 1.87. The van der Waals surface area contributed by atoms with Crippen LogP contribution < -0.4 is 17.3 Å². The highest BCUT2D eigenvalue weighted by molar-refractivity contribution is 4.55. The van der Waals surface area contributed by atoms with Gasteiger partial charge < -0.3 is 17.3 Å². The topological polar surface area (TPSA) is 4.44 Å². The van der Waals surface area contributed by atoms with Crippen molar-refractivity contribution in [3.8, 4) is 0 Å². The molecule has 0 amide bonds. The molecule has 1 unspecified atom stereocenters. The summed E-state index contributed by atoms with van der Waals surface area (Å²) in [5.41, 5.74) is 0. The maximum absolute atomic E-state index is 2.44. The van der Waals surface area contributed by atoms with Gasteiger partial charge >= 0.3 is 0 Å². The number of quaternary nitrogens is 1. The van der Waals surface area contributed by atoms with E-state index < -0.39 is 0 Å². The molecule has 0 aromatic rings. The molecule has 2 heteroatoms. The number of likely N-dealkylation sites (tertiary alicyclic amines) is 1. The standard InChI is InChI=1S/C13H27N.ClH/c1-12(2)8-4-5-9-13(3)14-10-6-7-11-14;/h12-13H,4-11H2,1-3H3;1H. The maximum atomic E-state index is 2.44. The first-order valence-electron chi connectivity index (χ1n) is 6.54. The zero-order chi connectivity index (χ0) is 10.4. The van der Waals surface area contributed by atoms with Gasteiger partial charge in [-0.05, 0) is 25.7 Å². The molecule has 1 heterocycles. The first kappa shape index (κ1) is 15.2. The Hall–Kier alpha value is 0.250. The lowest BCUT2D eigenvalue weighted by Crippen LogP contribution is -3.13. The lowest BCUT2D eigenvalue weighted by molar-refractivity contribution is -0.911. The summed E-state index contributed by atoms with van der Waals surface area (Å²) in [7, 11) is 0. The number of hydrogen-bond donors (Lipinski definition) is 1. The second-order valence-corrected chi connectivity index (χ2v) is 5.44. The maximum Gasteiger partial charge on any atom is 0.0846 e. The van der Waals surface area contributed by atoms with Gasteiger partial charge in [0.1, 0.15) is 0 Å². The molecule has 1 aliphatic rings. The van der Waals surface area contributed by atoms with Crippen LogP contribution in [0.4, 0.5) is 0 Å². The van der Waals surface area contributed by atoms with Crippen LogP contribution in [0.25, 0.3) is 0 Å². The van der Waals surface area contributed by atoms with Gasteiger partial charge in [0, 0.05) is 12.8 Å². The van der Waals surface area contributed by atoms with Crippen molar-refractivity contribution in [1.82, 2.24) is 0 Å². The first-order chi connectivity index (χ1) is 6.70. The predicted octanol–water partition coefficient (Wildman–Crippen LogP) is -0.726. The van der Waals surface area contributed by atoms with E-state index in [1.165, 1.54) is 51.6 Å². The first-order valence-corrected chi connectivity index (χ1v) is 6.54. The zero-order valence-corrected chi connectivity index (χ0v) is 11.4. The molecule has 15 heavy (non-hydrogen) atoms. The number of nitrogens with one attached hydrogen (secondary N) is 1. The van der Waals surface area contributed by atoms with Crippen molar-refractivity contribution in [1.29, 1.82) is 0 Å². The number of hydrogen-bond acceptors (Lipinski definition) is 0. The minimum absolute atomic E-state index is 0. The summed E-state index contributed by atoms with van der Waals surface area (Å²) >= 11 is 0. The molecule has 92 valence electrons. The van der Waals surface area contributed by atoms with Gasteiger partial charge in [0.25, 0.3) is 0 Å². The number of unbranched alkanes of at least 4 members (excludes halogenated alkanes) is 1. The molecule has 0 aromatic heterocycles. The Morgan fingerprint density at radius 3 is 2.00 bits per heavy atom. The van der Waals surface area contributed by atoms with E-state index >= 15 is 0 Å². The second kappa shape index (κ2) is 8.41. The Morgan fingerprint density at radius 2 is 1.47 bits per heavy atom. The molecular weight excluding hydrogens is 206 g/mol. The molecular formula is C13H28ClN. The van der Waals surface area contributed by atoms with E-state index in [4.69, 9.17) is 0 Å². The van der Waals surface area contributed by atoms with E-state index in [9.17, 15) is 0 Å². The molecule has 1 N–H and O–H groups in total. The Morgan fingerprint density at radius 1 is 0.933 bits per heavy atom. The van der Waals surface area contributed by atoms with E-state index in [1.807, 2.05) is 4.90 Å². The SMILES string of the molecule is CC(C)CCCCC(C)[NH+]1CCCC1.[Cl-].